The summed E-state index contributed by atoms with van der Waals surface area (Å²) in [6.07, 6.45) is 2.09. The molecule has 7 heteroatoms. The summed E-state index contributed by atoms with van der Waals surface area (Å²) in [6.45, 7) is 0. The summed E-state index contributed by atoms with van der Waals surface area (Å²) in [7, 11) is 1.16. The van der Waals surface area contributed by atoms with Gasteiger partial charge in [0.15, 0.2) is 11.5 Å². The molecular formula is C10H9NO6. The zero-order valence-corrected chi connectivity index (χ0v) is 8.78. The first-order valence-corrected chi connectivity index (χ1v) is 4.42. The number of methoxy groups -OCH3 is 1. The average Bonchev–Trinajstić information content (AvgIpc) is 2.29. The lowest BCUT2D eigenvalue weighted by atomic mass is 10.1. The fourth-order valence-electron chi connectivity index (χ4n) is 1.10. The molecule has 0 saturated carbocycles. The maximum absolute atomic E-state index is 10.8. The van der Waals surface area contributed by atoms with Gasteiger partial charge in [0, 0.05) is 6.08 Å². The van der Waals surface area contributed by atoms with E-state index in [2.05, 4.69) is 4.74 Å². The molecule has 7 nitrogen and oxygen atoms in total. The lowest BCUT2D eigenvalue weighted by molar-refractivity contribution is -0.385. The lowest BCUT2D eigenvalue weighted by Gasteiger charge is -2.01. The van der Waals surface area contributed by atoms with Crippen molar-refractivity contribution in [2.75, 3.05) is 7.11 Å². The van der Waals surface area contributed by atoms with Gasteiger partial charge < -0.3 is 14.9 Å². The van der Waals surface area contributed by atoms with Crippen LogP contribution in [0, 0.1) is 10.1 Å². The molecule has 0 aromatic heterocycles. The summed E-state index contributed by atoms with van der Waals surface area (Å²) in [5, 5.41) is 29.0. The summed E-state index contributed by atoms with van der Waals surface area (Å²) < 4.78 is 4.32. The molecule has 90 valence electrons. The van der Waals surface area contributed by atoms with Crippen LogP contribution in [-0.4, -0.2) is 28.2 Å². The number of nitro groups is 1. The molecule has 0 aliphatic carbocycles. The van der Waals surface area contributed by atoms with E-state index in [9.17, 15) is 20.0 Å². The maximum atomic E-state index is 10.8. The molecule has 0 unspecified atom stereocenters. The number of phenols is 2. The summed E-state index contributed by atoms with van der Waals surface area (Å²) in [5.74, 6) is -1.81. The second-order valence-electron chi connectivity index (χ2n) is 3.01. The van der Waals surface area contributed by atoms with Gasteiger partial charge in [-0.3, -0.25) is 10.1 Å². The Balaban J connectivity index is 3.22. The highest BCUT2D eigenvalue weighted by Crippen LogP contribution is 2.33. The van der Waals surface area contributed by atoms with Crippen LogP contribution in [-0.2, 0) is 9.53 Å². The number of benzene rings is 1. The van der Waals surface area contributed by atoms with E-state index >= 15 is 0 Å². The van der Waals surface area contributed by atoms with Crippen LogP contribution in [0.15, 0.2) is 18.2 Å². The number of carbonyl (C=O) groups excluding carboxylic acids is 1. The summed E-state index contributed by atoms with van der Waals surface area (Å²) in [6, 6.07) is 1.78. The molecule has 0 radical (unpaired) electrons. The van der Waals surface area contributed by atoms with Crippen molar-refractivity contribution in [3.05, 3.63) is 33.9 Å². The molecule has 1 rings (SSSR count). The van der Waals surface area contributed by atoms with Gasteiger partial charge in [0.2, 0.25) is 0 Å². The number of hydrogen-bond donors (Lipinski definition) is 2. The van der Waals surface area contributed by atoms with E-state index in [4.69, 9.17) is 5.11 Å². The normalized spacial score (nSPS) is 10.4. The Bertz CT molecular complexity index is 494. The Kier molecular flexibility index (Phi) is 3.66. The van der Waals surface area contributed by atoms with Gasteiger partial charge in [0.1, 0.15) is 0 Å². The van der Waals surface area contributed by atoms with Crippen molar-refractivity contribution in [1.29, 1.82) is 0 Å². The number of aromatic hydroxyl groups is 2. The molecule has 0 saturated heterocycles. The van der Waals surface area contributed by atoms with E-state index in [0.717, 1.165) is 31.4 Å². The molecule has 0 spiro atoms. The zero-order chi connectivity index (χ0) is 13.0. The number of ether oxygens (including phenoxy) is 1. The first-order chi connectivity index (χ1) is 7.95. The number of esters is 1. The Morgan fingerprint density at radius 3 is 2.53 bits per heavy atom. The molecule has 0 heterocycles. The van der Waals surface area contributed by atoms with Crippen molar-refractivity contribution < 1.29 is 24.7 Å². The van der Waals surface area contributed by atoms with E-state index in [0.29, 0.717) is 0 Å². The number of carbonyl (C=O) groups is 1. The van der Waals surface area contributed by atoms with Crippen LogP contribution in [0.4, 0.5) is 5.69 Å². The van der Waals surface area contributed by atoms with Crippen LogP contribution in [0.25, 0.3) is 6.08 Å². The smallest absolute Gasteiger partial charge is 0.330 e. The van der Waals surface area contributed by atoms with E-state index in [1.165, 1.54) is 0 Å². The van der Waals surface area contributed by atoms with Gasteiger partial charge in [0.25, 0.3) is 5.69 Å². The second kappa shape index (κ2) is 4.97. The van der Waals surface area contributed by atoms with E-state index in [1.54, 1.807) is 0 Å². The number of rotatable bonds is 3. The van der Waals surface area contributed by atoms with Crippen LogP contribution >= 0.6 is 0 Å². The Hall–Kier alpha value is -2.57. The first kappa shape index (κ1) is 12.5. The highest BCUT2D eigenvalue weighted by molar-refractivity contribution is 5.88. The summed E-state index contributed by atoms with van der Waals surface area (Å²) in [5.41, 5.74) is -0.448. The van der Waals surface area contributed by atoms with Crippen LogP contribution < -0.4 is 0 Å². The lowest BCUT2D eigenvalue weighted by Crippen LogP contribution is -1.95. The first-order valence-electron chi connectivity index (χ1n) is 4.42. The number of phenolic OH excluding ortho intramolecular Hbond substituents is 2. The van der Waals surface area contributed by atoms with E-state index < -0.39 is 28.1 Å². The number of nitro benzene ring substituents is 1. The van der Waals surface area contributed by atoms with Crippen molar-refractivity contribution in [3.63, 3.8) is 0 Å². The molecular weight excluding hydrogens is 230 g/mol. The minimum atomic E-state index is -0.740. The average molecular weight is 239 g/mol. The van der Waals surface area contributed by atoms with Gasteiger partial charge in [-0.25, -0.2) is 4.79 Å². The van der Waals surface area contributed by atoms with Gasteiger partial charge in [-0.15, -0.1) is 0 Å². The Labute approximate surface area is 95.7 Å². The van der Waals surface area contributed by atoms with Crippen molar-refractivity contribution in [3.8, 4) is 11.5 Å². The Morgan fingerprint density at radius 2 is 2.00 bits per heavy atom. The largest absolute Gasteiger partial charge is 0.504 e. The molecule has 2 N–H and O–H groups in total. The van der Waals surface area contributed by atoms with Gasteiger partial charge in [0.05, 0.1) is 23.7 Å². The van der Waals surface area contributed by atoms with Gasteiger partial charge >= 0.3 is 5.97 Å². The maximum Gasteiger partial charge on any atom is 0.330 e. The molecule has 1 aromatic rings. The van der Waals surface area contributed by atoms with Gasteiger partial charge in [-0.05, 0) is 12.1 Å². The quantitative estimate of drug-likeness (QED) is 0.269. The SMILES string of the molecule is COC(=O)/C=C/c1cc(O)c(O)cc1[N+](=O)[O-]. The highest BCUT2D eigenvalue weighted by atomic mass is 16.6. The summed E-state index contributed by atoms with van der Waals surface area (Å²) >= 11 is 0. The van der Waals surface area contributed by atoms with Gasteiger partial charge in [-0.1, -0.05) is 0 Å². The molecule has 0 aliphatic rings. The minimum absolute atomic E-state index is 0.0179. The topological polar surface area (TPSA) is 110 Å². The molecule has 0 amide bonds. The fourth-order valence-corrected chi connectivity index (χ4v) is 1.10. The monoisotopic (exact) mass is 239 g/mol. The molecule has 1 aromatic carbocycles. The van der Waals surface area contributed by atoms with Crippen LogP contribution in [0.2, 0.25) is 0 Å². The molecule has 0 aliphatic heterocycles. The number of nitrogens with zero attached hydrogens (tertiary/aromatic N) is 1. The predicted octanol–water partition coefficient (Wildman–Crippen LogP) is 1.19. The van der Waals surface area contributed by atoms with Crippen LogP contribution in [0.1, 0.15) is 5.56 Å². The second-order valence-corrected chi connectivity index (χ2v) is 3.01. The van der Waals surface area contributed by atoms with Gasteiger partial charge in [-0.2, -0.15) is 0 Å². The van der Waals surface area contributed by atoms with Crippen LogP contribution in [0.3, 0.4) is 0 Å². The van der Waals surface area contributed by atoms with Crippen molar-refractivity contribution in [2.45, 2.75) is 0 Å². The molecule has 0 bridgehead atoms. The van der Waals surface area contributed by atoms with Crippen molar-refractivity contribution >= 4 is 17.7 Å². The third-order valence-electron chi connectivity index (χ3n) is 1.92. The standard InChI is InChI=1S/C10H9NO6/c1-17-10(14)3-2-6-4-8(12)9(13)5-7(6)11(15)16/h2-5,12-13H,1H3/b3-2+. The zero-order valence-electron chi connectivity index (χ0n) is 8.78. The summed E-state index contributed by atoms with van der Waals surface area (Å²) in [4.78, 5) is 20.7. The highest BCUT2D eigenvalue weighted by Gasteiger charge is 2.16. The van der Waals surface area contributed by atoms with E-state index in [1.807, 2.05) is 0 Å². The minimum Gasteiger partial charge on any atom is -0.504 e. The molecule has 0 atom stereocenters. The predicted molar refractivity (Wildman–Crippen MR) is 57.5 cm³/mol. The Morgan fingerprint density at radius 1 is 1.41 bits per heavy atom. The molecule has 17 heavy (non-hydrogen) atoms. The third-order valence-corrected chi connectivity index (χ3v) is 1.92. The van der Waals surface area contributed by atoms with Crippen molar-refractivity contribution in [2.24, 2.45) is 0 Å². The van der Waals surface area contributed by atoms with Crippen LogP contribution in [0.5, 0.6) is 11.5 Å². The fraction of sp³-hybridized carbons (Fsp3) is 0.100. The van der Waals surface area contributed by atoms with E-state index in [-0.39, 0.29) is 5.56 Å². The van der Waals surface area contributed by atoms with Crippen molar-refractivity contribution in [1.82, 2.24) is 0 Å². The number of hydrogen-bond acceptors (Lipinski definition) is 6. The third kappa shape index (κ3) is 2.94. The molecule has 0 fully saturated rings.